The molecule has 0 amide bonds. The first-order chi connectivity index (χ1) is 12.7. The molecule has 1 heterocycles. The van der Waals surface area contributed by atoms with Crippen LogP contribution in [0.5, 0.6) is 0 Å². The normalized spacial score (nSPS) is 11.3. The molecule has 0 bridgehead atoms. The number of hydrazone groups is 1. The first-order valence-electron chi connectivity index (χ1n) is 8.12. The highest BCUT2D eigenvalue weighted by atomic mass is 35.5. The third-order valence-electron chi connectivity index (χ3n) is 4.11. The van der Waals surface area contributed by atoms with Crippen molar-refractivity contribution in [1.82, 2.24) is 4.98 Å². The Hall–Kier alpha value is -3.11. The highest BCUT2D eigenvalue weighted by molar-refractivity contribution is 6.30. The Labute approximate surface area is 155 Å². The molecule has 0 aliphatic heterocycles. The average Bonchev–Trinajstić information content (AvgIpc) is 3.03. The Kier molecular flexibility index (Phi) is 4.42. The number of rotatable bonds is 4. The van der Waals surface area contributed by atoms with Gasteiger partial charge in [-0.25, -0.2) is 4.39 Å². The Morgan fingerprint density at radius 2 is 1.65 bits per heavy atom. The van der Waals surface area contributed by atoms with Crippen LogP contribution in [-0.2, 0) is 0 Å². The summed E-state index contributed by atoms with van der Waals surface area (Å²) in [4.78, 5) is 3.40. The van der Waals surface area contributed by atoms with Gasteiger partial charge in [-0.05, 0) is 60.2 Å². The maximum atomic E-state index is 13.3. The predicted molar refractivity (Wildman–Crippen MR) is 106 cm³/mol. The van der Waals surface area contributed by atoms with Gasteiger partial charge < -0.3 is 4.98 Å². The fourth-order valence-corrected chi connectivity index (χ4v) is 2.96. The quantitative estimate of drug-likeness (QED) is 0.335. The van der Waals surface area contributed by atoms with Crippen molar-refractivity contribution in [1.29, 1.82) is 0 Å². The van der Waals surface area contributed by atoms with Crippen molar-refractivity contribution in [2.45, 2.75) is 0 Å². The second-order valence-corrected chi connectivity index (χ2v) is 6.28. The molecular formula is C21H15ClFN3. The minimum atomic E-state index is -0.260. The van der Waals surface area contributed by atoms with E-state index in [0.717, 1.165) is 33.4 Å². The van der Waals surface area contributed by atoms with E-state index in [0.29, 0.717) is 5.02 Å². The maximum absolute atomic E-state index is 13.3. The molecular weight excluding hydrogens is 349 g/mol. The van der Waals surface area contributed by atoms with E-state index in [1.165, 1.54) is 12.1 Å². The summed E-state index contributed by atoms with van der Waals surface area (Å²) >= 11 is 5.89. The SMILES string of the molecule is Fc1ccc(-c2[nH]c3ccccc3c2/C=N/Nc2ccc(Cl)cc2)cc1. The van der Waals surface area contributed by atoms with Gasteiger partial charge in [-0.3, -0.25) is 5.43 Å². The second kappa shape index (κ2) is 7.02. The molecule has 0 saturated heterocycles. The van der Waals surface area contributed by atoms with Crippen LogP contribution >= 0.6 is 11.6 Å². The number of para-hydroxylation sites is 1. The van der Waals surface area contributed by atoms with Crippen LogP contribution in [0.3, 0.4) is 0 Å². The molecule has 0 atom stereocenters. The number of nitrogens with one attached hydrogen (secondary N) is 2. The van der Waals surface area contributed by atoms with Crippen molar-refractivity contribution in [3.05, 3.63) is 89.2 Å². The molecule has 0 fully saturated rings. The number of aromatic amines is 1. The second-order valence-electron chi connectivity index (χ2n) is 5.84. The molecule has 5 heteroatoms. The van der Waals surface area contributed by atoms with Crippen LogP contribution < -0.4 is 5.43 Å². The van der Waals surface area contributed by atoms with Crippen molar-refractivity contribution in [2.75, 3.05) is 5.43 Å². The van der Waals surface area contributed by atoms with Gasteiger partial charge >= 0.3 is 0 Å². The summed E-state index contributed by atoms with van der Waals surface area (Å²) in [5.74, 6) is -0.260. The topological polar surface area (TPSA) is 40.2 Å². The molecule has 0 spiro atoms. The van der Waals surface area contributed by atoms with Gasteiger partial charge in [0.1, 0.15) is 5.82 Å². The maximum Gasteiger partial charge on any atom is 0.123 e. The monoisotopic (exact) mass is 363 g/mol. The lowest BCUT2D eigenvalue weighted by Crippen LogP contribution is -1.92. The van der Waals surface area contributed by atoms with Gasteiger partial charge in [0.15, 0.2) is 0 Å². The van der Waals surface area contributed by atoms with Crippen LogP contribution in [0.15, 0.2) is 77.9 Å². The predicted octanol–water partition coefficient (Wildman–Crippen LogP) is 6.07. The van der Waals surface area contributed by atoms with Crippen LogP contribution in [0.25, 0.3) is 22.2 Å². The lowest BCUT2D eigenvalue weighted by molar-refractivity contribution is 0.628. The van der Waals surface area contributed by atoms with Crippen molar-refractivity contribution in [3.63, 3.8) is 0 Å². The summed E-state index contributed by atoms with van der Waals surface area (Å²) in [6.45, 7) is 0. The fourth-order valence-electron chi connectivity index (χ4n) is 2.84. The first kappa shape index (κ1) is 16.4. The van der Waals surface area contributed by atoms with Crippen molar-refractivity contribution < 1.29 is 4.39 Å². The molecule has 0 aliphatic carbocycles. The van der Waals surface area contributed by atoms with E-state index in [2.05, 4.69) is 15.5 Å². The molecule has 0 radical (unpaired) electrons. The summed E-state index contributed by atoms with van der Waals surface area (Å²) in [7, 11) is 0. The minimum Gasteiger partial charge on any atom is -0.354 e. The lowest BCUT2D eigenvalue weighted by Gasteiger charge is -2.02. The smallest absolute Gasteiger partial charge is 0.123 e. The Balaban J connectivity index is 1.72. The van der Waals surface area contributed by atoms with Crippen LogP contribution in [0.2, 0.25) is 5.02 Å². The molecule has 0 saturated carbocycles. The van der Waals surface area contributed by atoms with Crippen LogP contribution in [0, 0.1) is 5.82 Å². The first-order valence-corrected chi connectivity index (χ1v) is 8.50. The summed E-state index contributed by atoms with van der Waals surface area (Å²) in [6, 6.07) is 21.7. The standard InChI is InChI=1S/C21H15ClFN3/c22-15-7-11-17(12-8-15)26-24-13-19-18-3-1-2-4-20(18)25-21(19)14-5-9-16(23)10-6-14/h1-13,25-26H/b24-13+. The van der Waals surface area contributed by atoms with Gasteiger partial charge in [-0.1, -0.05) is 29.8 Å². The third-order valence-corrected chi connectivity index (χ3v) is 4.36. The van der Waals surface area contributed by atoms with Crippen molar-refractivity contribution >= 4 is 34.4 Å². The van der Waals surface area contributed by atoms with Crippen LogP contribution in [0.4, 0.5) is 10.1 Å². The number of fused-ring (bicyclic) bond motifs is 1. The van der Waals surface area contributed by atoms with Gasteiger partial charge in [0, 0.05) is 21.5 Å². The van der Waals surface area contributed by atoms with Gasteiger partial charge in [-0.2, -0.15) is 5.10 Å². The number of benzene rings is 3. The van der Waals surface area contributed by atoms with Crippen molar-refractivity contribution in [2.24, 2.45) is 5.10 Å². The molecule has 0 aliphatic rings. The summed E-state index contributed by atoms with van der Waals surface area (Å²) in [6.07, 6.45) is 1.77. The molecule has 3 aromatic carbocycles. The number of aromatic nitrogens is 1. The van der Waals surface area contributed by atoms with E-state index >= 15 is 0 Å². The minimum absolute atomic E-state index is 0.260. The molecule has 0 unspecified atom stereocenters. The zero-order chi connectivity index (χ0) is 17.9. The number of anilines is 1. The summed E-state index contributed by atoms with van der Waals surface area (Å²) in [5.41, 5.74) is 7.57. The molecule has 4 rings (SSSR count). The van der Waals surface area contributed by atoms with E-state index in [4.69, 9.17) is 11.6 Å². The van der Waals surface area contributed by atoms with Crippen LogP contribution in [0.1, 0.15) is 5.56 Å². The zero-order valence-corrected chi connectivity index (χ0v) is 14.5. The van der Waals surface area contributed by atoms with Crippen molar-refractivity contribution in [3.8, 4) is 11.3 Å². The zero-order valence-electron chi connectivity index (χ0n) is 13.7. The Morgan fingerprint density at radius 1 is 0.923 bits per heavy atom. The highest BCUT2D eigenvalue weighted by Crippen LogP contribution is 2.29. The van der Waals surface area contributed by atoms with E-state index in [1.54, 1.807) is 30.5 Å². The van der Waals surface area contributed by atoms with E-state index in [-0.39, 0.29) is 5.82 Å². The molecule has 26 heavy (non-hydrogen) atoms. The Morgan fingerprint density at radius 3 is 2.42 bits per heavy atom. The number of nitrogens with zero attached hydrogens (tertiary/aromatic N) is 1. The Bertz CT molecular complexity index is 1070. The number of hydrogen-bond acceptors (Lipinski definition) is 2. The fraction of sp³-hybridized carbons (Fsp3) is 0. The molecule has 128 valence electrons. The molecule has 1 aromatic heterocycles. The van der Waals surface area contributed by atoms with Gasteiger partial charge in [0.2, 0.25) is 0 Å². The largest absolute Gasteiger partial charge is 0.354 e. The summed E-state index contributed by atoms with van der Waals surface area (Å²) in [5, 5.41) is 6.08. The lowest BCUT2D eigenvalue weighted by atomic mass is 10.1. The number of halogens is 2. The van der Waals surface area contributed by atoms with Gasteiger partial charge in [0.25, 0.3) is 0 Å². The number of H-pyrrole nitrogens is 1. The molecule has 2 N–H and O–H groups in total. The van der Waals surface area contributed by atoms with E-state index in [9.17, 15) is 4.39 Å². The van der Waals surface area contributed by atoms with Gasteiger partial charge in [-0.15, -0.1) is 0 Å². The molecule has 3 nitrogen and oxygen atoms in total. The summed E-state index contributed by atoms with van der Waals surface area (Å²) < 4.78 is 13.3. The third kappa shape index (κ3) is 3.32. The van der Waals surface area contributed by atoms with E-state index < -0.39 is 0 Å². The molecule has 4 aromatic rings. The highest BCUT2D eigenvalue weighted by Gasteiger charge is 2.11. The van der Waals surface area contributed by atoms with Crippen LogP contribution in [-0.4, -0.2) is 11.2 Å². The van der Waals surface area contributed by atoms with Gasteiger partial charge in [0.05, 0.1) is 17.6 Å². The number of hydrogen-bond donors (Lipinski definition) is 2. The van der Waals surface area contributed by atoms with E-state index in [1.807, 2.05) is 36.4 Å². The average molecular weight is 364 g/mol.